The van der Waals surface area contributed by atoms with E-state index in [0.29, 0.717) is 13.0 Å². The second-order valence-electron chi connectivity index (χ2n) is 5.73. The molecule has 3 heterocycles. The SMILES string of the molecule is CN(CCCn1cccn1)S(=O)(=O)c1ccc(-c2cc(C(F)(F)F)[nH]n2)o1. The number of nitrogens with zero attached hydrogens (tertiary/aromatic N) is 4. The van der Waals surface area contributed by atoms with Crippen molar-refractivity contribution in [3.8, 4) is 11.5 Å². The molecule has 8 nitrogen and oxygen atoms in total. The third-order valence-electron chi connectivity index (χ3n) is 3.80. The van der Waals surface area contributed by atoms with Gasteiger partial charge in [0.25, 0.3) is 10.0 Å². The average Bonchev–Trinajstić information content (AvgIpc) is 3.33. The van der Waals surface area contributed by atoms with Crippen molar-refractivity contribution in [1.82, 2.24) is 24.3 Å². The lowest BCUT2D eigenvalue weighted by Crippen LogP contribution is -2.28. The van der Waals surface area contributed by atoms with Gasteiger partial charge in [0.2, 0.25) is 5.09 Å². The highest BCUT2D eigenvalue weighted by Gasteiger charge is 2.33. The summed E-state index contributed by atoms with van der Waals surface area (Å²) in [4.78, 5) is 0. The molecule has 0 unspecified atom stereocenters. The Morgan fingerprint density at radius 2 is 2.11 bits per heavy atom. The van der Waals surface area contributed by atoms with Crippen LogP contribution in [0.15, 0.2) is 46.2 Å². The Morgan fingerprint density at radius 1 is 1.33 bits per heavy atom. The van der Waals surface area contributed by atoms with E-state index in [4.69, 9.17) is 4.42 Å². The molecule has 0 spiro atoms. The molecule has 3 aromatic rings. The highest BCUT2D eigenvalue weighted by Crippen LogP contribution is 2.31. The fourth-order valence-corrected chi connectivity index (χ4v) is 3.46. The van der Waals surface area contributed by atoms with E-state index in [1.54, 1.807) is 23.1 Å². The number of nitrogens with one attached hydrogen (secondary N) is 1. The van der Waals surface area contributed by atoms with Gasteiger partial charge in [-0.05, 0) is 30.7 Å². The molecule has 27 heavy (non-hydrogen) atoms. The number of aromatic amines is 1. The minimum absolute atomic E-state index is 0.0785. The summed E-state index contributed by atoms with van der Waals surface area (Å²) in [6.45, 7) is 0.766. The zero-order valence-corrected chi connectivity index (χ0v) is 15.0. The number of halogens is 3. The molecule has 0 aliphatic carbocycles. The van der Waals surface area contributed by atoms with Gasteiger partial charge in [0, 0.05) is 32.5 Å². The van der Waals surface area contributed by atoms with E-state index in [-0.39, 0.29) is 23.1 Å². The lowest BCUT2D eigenvalue weighted by atomic mass is 10.3. The van der Waals surface area contributed by atoms with Crippen molar-refractivity contribution in [3.05, 3.63) is 42.4 Å². The fraction of sp³-hybridized carbons (Fsp3) is 0.333. The molecule has 0 aromatic carbocycles. The lowest BCUT2D eigenvalue weighted by Gasteiger charge is -2.15. The van der Waals surface area contributed by atoms with Gasteiger partial charge < -0.3 is 4.42 Å². The number of rotatable bonds is 7. The van der Waals surface area contributed by atoms with E-state index in [1.165, 1.54) is 19.2 Å². The first-order chi connectivity index (χ1) is 12.7. The minimum atomic E-state index is -4.58. The van der Waals surface area contributed by atoms with Gasteiger partial charge in [0.15, 0.2) is 5.76 Å². The van der Waals surface area contributed by atoms with Gasteiger partial charge in [0.1, 0.15) is 11.4 Å². The zero-order chi connectivity index (χ0) is 19.7. The lowest BCUT2D eigenvalue weighted by molar-refractivity contribution is -0.141. The predicted molar refractivity (Wildman–Crippen MR) is 88.0 cm³/mol. The van der Waals surface area contributed by atoms with Crippen LogP contribution in [0.5, 0.6) is 0 Å². The summed E-state index contributed by atoms with van der Waals surface area (Å²) < 4.78 is 71.0. The molecular weight excluding hydrogens is 387 g/mol. The average molecular weight is 403 g/mol. The molecule has 0 atom stereocenters. The largest absolute Gasteiger partial charge is 0.442 e. The molecule has 0 aliphatic rings. The van der Waals surface area contributed by atoms with Gasteiger partial charge in [-0.15, -0.1) is 0 Å². The van der Waals surface area contributed by atoms with Gasteiger partial charge in [-0.1, -0.05) is 0 Å². The molecule has 0 bridgehead atoms. The van der Waals surface area contributed by atoms with Crippen LogP contribution in [0.1, 0.15) is 12.1 Å². The molecule has 0 amide bonds. The van der Waals surface area contributed by atoms with E-state index < -0.39 is 21.9 Å². The van der Waals surface area contributed by atoms with E-state index in [0.717, 1.165) is 10.4 Å². The summed E-state index contributed by atoms with van der Waals surface area (Å²) in [7, 11) is -2.51. The molecule has 3 rings (SSSR count). The zero-order valence-electron chi connectivity index (χ0n) is 14.1. The Morgan fingerprint density at radius 3 is 2.74 bits per heavy atom. The summed E-state index contributed by atoms with van der Waals surface area (Å²) in [6, 6.07) is 4.98. The van der Waals surface area contributed by atoms with Crippen LogP contribution in [0.4, 0.5) is 13.2 Å². The number of aromatic nitrogens is 4. The van der Waals surface area contributed by atoms with Crippen LogP contribution in [-0.4, -0.2) is 46.3 Å². The molecule has 1 N–H and O–H groups in total. The second-order valence-corrected chi connectivity index (χ2v) is 7.71. The maximum Gasteiger partial charge on any atom is 0.432 e. The molecule has 3 aromatic heterocycles. The fourth-order valence-electron chi connectivity index (χ4n) is 2.35. The topological polar surface area (TPSA) is 97.0 Å². The van der Waals surface area contributed by atoms with E-state index >= 15 is 0 Å². The molecule has 12 heteroatoms. The molecule has 0 fully saturated rings. The molecule has 0 saturated heterocycles. The first-order valence-corrected chi connectivity index (χ1v) is 9.28. The van der Waals surface area contributed by atoms with Gasteiger partial charge in [-0.3, -0.25) is 9.78 Å². The number of sulfonamides is 1. The number of hydrogen-bond donors (Lipinski definition) is 1. The number of furan rings is 1. The van der Waals surface area contributed by atoms with Crippen molar-refractivity contribution in [3.63, 3.8) is 0 Å². The van der Waals surface area contributed by atoms with Crippen LogP contribution in [0.2, 0.25) is 0 Å². The molecule has 146 valence electrons. The quantitative estimate of drug-likeness (QED) is 0.654. The van der Waals surface area contributed by atoms with E-state index in [9.17, 15) is 21.6 Å². The van der Waals surface area contributed by atoms with Crippen molar-refractivity contribution >= 4 is 10.0 Å². The number of alkyl halides is 3. The third-order valence-corrected chi connectivity index (χ3v) is 5.53. The van der Waals surface area contributed by atoms with Crippen molar-refractivity contribution in [2.24, 2.45) is 0 Å². The second kappa shape index (κ2) is 7.19. The molecular formula is C15H16F3N5O3S. The van der Waals surface area contributed by atoms with Gasteiger partial charge in [-0.2, -0.15) is 27.7 Å². The standard InChI is InChI=1S/C15H16F3N5O3S/c1-22(7-3-9-23-8-2-6-19-23)27(24,25)14-5-4-12(26-14)11-10-13(21-20-11)15(16,17)18/h2,4-6,8,10H,3,7,9H2,1H3,(H,20,21). The van der Waals surface area contributed by atoms with E-state index in [1.807, 2.05) is 5.10 Å². The summed E-state index contributed by atoms with van der Waals surface area (Å²) in [6.07, 6.45) is -0.655. The van der Waals surface area contributed by atoms with Crippen LogP contribution in [0.25, 0.3) is 11.5 Å². The van der Waals surface area contributed by atoms with Crippen LogP contribution in [0.3, 0.4) is 0 Å². The van der Waals surface area contributed by atoms with Gasteiger partial charge in [-0.25, -0.2) is 8.42 Å². The molecule has 0 radical (unpaired) electrons. The summed E-state index contributed by atoms with van der Waals surface area (Å²) in [5, 5.41) is 9.03. The third kappa shape index (κ3) is 4.22. The Balaban J connectivity index is 1.69. The Kier molecular flexibility index (Phi) is 5.11. The normalized spacial score (nSPS) is 12.8. The number of hydrogen-bond acceptors (Lipinski definition) is 5. The first-order valence-electron chi connectivity index (χ1n) is 7.84. The molecule has 0 saturated carbocycles. The van der Waals surface area contributed by atoms with E-state index in [2.05, 4.69) is 10.2 Å². The summed E-state index contributed by atoms with van der Waals surface area (Å²) >= 11 is 0. The molecule has 0 aliphatic heterocycles. The minimum Gasteiger partial charge on any atom is -0.442 e. The van der Waals surface area contributed by atoms with Crippen molar-refractivity contribution in [2.75, 3.05) is 13.6 Å². The highest BCUT2D eigenvalue weighted by molar-refractivity contribution is 7.89. The van der Waals surface area contributed by atoms with Crippen molar-refractivity contribution in [2.45, 2.75) is 24.2 Å². The maximum absolute atomic E-state index is 12.6. The number of aryl methyl sites for hydroxylation is 1. The number of H-pyrrole nitrogens is 1. The van der Waals surface area contributed by atoms with Crippen LogP contribution in [-0.2, 0) is 22.7 Å². The predicted octanol–water partition coefficient (Wildman–Crippen LogP) is 2.60. The van der Waals surface area contributed by atoms with Crippen LogP contribution < -0.4 is 0 Å². The Labute approximate surface area is 152 Å². The Bertz CT molecular complexity index is 992. The maximum atomic E-state index is 12.6. The van der Waals surface area contributed by atoms with Crippen LogP contribution >= 0.6 is 0 Å². The van der Waals surface area contributed by atoms with Gasteiger partial charge >= 0.3 is 6.18 Å². The van der Waals surface area contributed by atoms with Crippen molar-refractivity contribution in [1.29, 1.82) is 0 Å². The van der Waals surface area contributed by atoms with Gasteiger partial charge in [0.05, 0.1) is 0 Å². The monoisotopic (exact) mass is 403 g/mol. The summed E-state index contributed by atoms with van der Waals surface area (Å²) in [5.74, 6) is -0.0785. The first kappa shape index (κ1) is 19.2. The van der Waals surface area contributed by atoms with Crippen LogP contribution in [0, 0.1) is 0 Å². The smallest absolute Gasteiger partial charge is 0.432 e. The van der Waals surface area contributed by atoms with Crippen molar-refractivity contribution < 1.29 is 26.0 Å². The Hall–Kier alpha value is -2.60. The highest BCUT2D eigenvalue weighted by atomic mass is 32.2. The summed E-state index contributed by atoms with van der Waals surface area (Å²) in [5.41, 5.74) is -1.18.